The van der Waals surface area contributed by atoms with Crippen molar-refractivity contribution in [2.75, 3.05) is 32.7 Å². The van der Waals surface area contributed by atoms with Crippen molar-refractivity contribution in [2.24, 2.45) is 5.92 Å². The quantitative estimate of drug-likeness (QED) is 0.789. The second-order valence-electron chi connectivity index (χ2n) is 4.87. The number of nitrogens with zero attached hydrogens (tertiary/aromatic N) is 2. The SMILES string of the molecule is CCN(CC)S(=O)(=O)N1CC2CCCNC2C1. The summed E-state index contributed by atoms with van der Waals surface area (Å²) >= 11 is 0. The van der Waals surface area contributed by atoms with Crippen LogP contribution in [0.1, 0.15) is 26.7 Å². The fourth-order valence-electron chi connectivity index (χ4n) is 2.91. The normalized spacial score (nSPS) is 30.8. The molecule has 2 fully saturated rings. The van der Waals surface area contributed by atoms with Gasteiger partial charge in [0.15, 0.2) is 0 Å². The van der Waals surface area contributed by atoms with E-state index in [4.69, 9.17) is 0 Å². The number of piperidine rings is 1. The molecule has 0 spiro atoms. The first-order valence-electron chi connectivity index (χ1n) is 6.58. The molecular formula is C11H23N3O2S. The largest absolute Gasteiger partial charge is 0.312 e. The highest BCUT2D eigenvalue weighted by molar-refractivity contribution is 7.86. The van der Waals surface area contributed by atoms with Crippen LogP contribution in [-0.4, -0.2) is 55.8 Å². The highest BCUT2D eigenvalue weighted by Crippen LogP contribution is 2.27. The van der Waals surface area contributed by atoms with Crippen LogP contribution in [0.25, 0.3) is 0 Å². The lowest BCUT2D eigenvalue weighted by Crippen LogP contribution is -2.44. The molecule has 0 radical (unpaired) electrons. The molecule has 2 atom stereocenters. The van der Waals surface area contributed by atoms with Gasteiger partial charge < -0.3 is 5.32 Å². The van der Waals surface area contributed by atoms with Gasteiger partial charge in [-0.25, -0.2) is 0 Å². The molecule has 2 rings (SSSR count). The Balaban J connectivity index is 2.08. The number of hydrogen-bond acceptors (Lipinski definition) is 3. The van der Waals surface area contributed by atoms with E-state index < -0.39 is 10.2 Å². The van der Waals surface area contributed by atoms with Crippen molar-refractivity contribution in [1.29, 1.82) is 0 Å². The second-order valence-corrected chi connectivity index (χ2v) is 6.80. The van der Waals surface area contributed by atoms with Gasteiger partial charge in [-0.15, -0.1) is 0 Å². The van der Waals surface area contributed by atoms with Gasteiger partial charge in [-0.2, -0.15) is 17.0 Å². The van der Waals surface area contributed by atoms with E-state index in [9.17, 15) is 8.42 Å². The molecule has 0 bridgehead atoms. The predicted octanol–water partition coefficient (Wildman–Crippen LogP) is 0.257. The molecule has 0 aliphatic carbocycles. The van der Waals surface area contributed by atoms with Gasteiger partial charge in [0.1, 0.15) is 0 Å². The van der Waals surface area contributed by atoms with Gasteiger partial charge in [0.2, 0.25) is 0 Å². The molecule has 2 heterocycles. The highest BCUT2D eigenvalue weighted by atomic mass is 32.2. The first kappa shape index (κ1) is 13.3. The molecule has 0 aromatic heterocycles. The lowest BCUT2D eigenvalue weighted by molar-refractivity contribution is 0.338. The van der Waals surface area contributed by atoms with E-state index in [1.54, 1.807) is 8.61 Å². The first-order valence-corrected chi connectivity index (χ1v) is 7.97. The van der Waals surface area contributed by atoms with Crippen molar-refractivity contribution in [3.8, 4) is 0 Å². The molecule has 17 heavy (non-hydrogen) atoms. The summed E-state index contributed by atoms with van der Waals surface area (Å²) in [6.45, 7) is 7.25. The summed E-state index contributed by atoms with van der Waals surface area (Å²) < 4.78 is 27.9. The zero-order chi connectivity index (χ0) is 12.5. The maximum Gasteiger partial charge on any atom is 0.282 e. The van der Waals surface area contributed by atoms with E-state index >= 15 is 0 Å². The molecule has 5 nitrogen and oxygen atoms in total. The molecule has 2 aliphatic heterocycles. The third kappa shape index (κ3) is 2.50. The standard InChI is InChI=1S/C11H23N3O2S/c1-3-13(4-2)17(15,16)14-8-10-6-5-7-12-11(10)9-14/h10-12H,3-9H2,1-2H3. The van der Waals surface area contributed by atoms with Gasteiger partial charge >= 0.3 is 0 Å². The molecular weight excluding hydrogens is 238 g/mol. The number of rotatable bonds is 4. The average molecular weight is 261 g/mol. The lowest BCUT2D eigenvalue weighted by atomic mass is 9.94. The van der Waals surface area contributed by atoms with Gasteiger partial charge in [-0.3, -0.25) is 0 Å². The minimum absolute atomic E-state index is 0.370. The van der Waals surface area contributed by atoms with Crippen LogP contribution in [0.5, 0.6) is 0 Å². The Kier molecular flexibility index (Phi) is 4.07. The average Bonchev–Trinajstić information content (AvgIpc) is 2.74. The second kappa shape index (κ2) is 5.22. The minimum atomic E-state index is -3.23. The molecule has 100 valence electrons. The summed E-state index contributed by atoms with van der Waals surface area (Å²) in [5.74, 6) is 0.508. The fourth-order valence-corrected chi connectivity index (χ4v) is 4.62. The molecule has 2 unspecified atom stereocenters. The molecule has 2 aliphatic rings. The third-order valence-corrected chi connectivity index (χ3v) is 6.04. The van der Waals surface area contributed by atoms with E-state index in [1.807, 2.05) is 13.8 Å². The molecule has 2 saturated heterocycles. The summed E-state index contributed by atoms with van der Waals surface area (Å²) in [6, 6.07) is 0.370. The van der Waals surface area contributed by atoms with Crippen LogP contribution in [0, 0.1) is 5.92 Å². The van der Waals surface area contributed by atoms with E-state index in [0.29, 0.717) is 38.1 Å². The van der Waals surface area contributed by atoms with Crippen molar-refractivity contribution >= 4 is 10.2 Å². The van der Waals surface area contributed by atoms with Crippen LogP contribution in [0.15, 0.2) is 0 Å². The van der Waals surface area contributed by atoms with Crippen molar-refractivity contribution in [3.63, 3.8) is 0 Å². The van der Waals surface area contributed by atoms with Gasteiger partial charge in [0.25, 0.3) is 10.2 Å². The fraction of sp³-hybridized carbons (Fsp3) is 1.00. The maximum atomic E-state index is 12.4. The molecule has 0 amide bonds. The maximum absolute atomic E-state index is 12.4. The number of nitrogens with one attached hydrogen (secondary N) is 1. The molecule has 0 aromatic rings. The number of hydrogen-bond donors (Lipinski definition) is 1. The minimum Gasteiger partial charge on any atom is -0.312 e. The van der Waals surface area contributed by atoms with Crippen molar-refractivity contribution in [1.82, 2.24) is 13.9 Å². The van der Waals surface area contributed by atoms with Crippen LogP contribution in [0.4, 0.5) is 0 Å². The van der Waals surface area contributed by atoms with Crippen LogP contribution >= 0.6 is 0 Å². The van der Waals surface area contributed by atoms with Crippen LogP contribution in [0.2, 0.25) is 0 Å². The summed E-state index contributed by atoms with van der Waals surface area (Å²) in [5, 5.41) is 3.43. The Morgan fingerprint density at radius 1 is 1.29 bits per heavy atom. The van der Waals surface area contributed by atoms with Crippen LogP contribution in [0.3, 0.4) is 0 Å². The topological polar surface area (TPSA) is 52.7 Å². The number of fused-ring (bicyclic) bond motifs is 1. The molecule has 6 heteroatoms. The van der Waals surface area contributed by atoms with Crippen molar-refractivity contribution in [3.05, 3.63) is 0 Å². The monoisotopic (exact) mass is 261 g/mol. The molecule has 1 N–H and O–H groups in total. The zero-order valence-corrected chi connectivity index (χ0v) is 11.5. The van der Waals surface area contributed by atoms with E-state index in [1.165, 1.54) is 6.42 Å². The van der Waals surface area contributed by atoms with E-state index in [-0.39, 0.29) is 0 Å². The summed E-state index contributed by atoms with van der Waals surface area (Å²) in [5.41, 5.74) is 0. The predicted molar refractivity (Wildman–Crippen MR) is 67.9 cm³/mol. The van der Waals surface area contributed by atoms with Gasteiger partial charge in [0.05, 0.1) is 0 Å². The lowest BCUT2D eigenvalue weighted by Gasteiger charge is -2.25. The Bertz CT molecular complexity index is 340. The Morgan fingerprint density at radius 3 is 2.59 bits per heavy atom. The summed E-state index contributed by atoms with van der Waals surface area (Å²) in [4.78, 5) is 0. The smallest absolute Gasteiger partial charge is 0.282 e. The molecule has 0 saturated carbocycles. The van der Waals surface area contributed by atoms with E-state index in [2.05, 4.69) is 5.32 Å². The zero-order valence-electron chi connectivity index (χ0n) is 10.7. The van der Waals surface area contributed by atoms with Gasteiger partial charge in [-0.1, -0.05) is 13.8 Å². The van der Waals surface area contributed by atoms with Crippen molar-refractivity contribution < 1.29 is 8.42 Å². The van der Waals surface area contributed by atoms with E-state index in [0.717, 1.165) is 13.0 Å². The van der Waals surface area contributed by atoms with Gasteiger partial charge in [-0.05, 0) is 25.3 Å². The molecule has 0 aromatic carbocycles. The Hall–Kier alpha value is -0.170. The first-order chi connectivity index (χ1) is 8.09. The van der Waals surface area contributed by atoms with Crippen LogP contribution < -0.4 is 5.32 Å². The van der Waals surface area contributed by atoms with Crippen LogP contribution in [-0.2, 0) is 10.2 Å². The summed E-state index contributed by atoms with van der Waals surface area (Å²) in [7, 11) is -3.23. The Labute approximate surface area is 104 Å². The Morgan fingerprint density at radius 2 is 2.00 bits per heavy atom. The van der Waals surface area contributed by atoms with Gasteiger partial charge in [0, 0.05) is 32.2 Å². The van der Waals surface area contributed by atoms with Crippen molar-refractivity contribution in [2.45, 2.75) is 32.7 Å². The highest BCUT2D eigenvalue weighted by Gasteiger charge is 2.41. The summed E-state index contributed by atoms with van der Waals surface area (Å²) in [6.07, 6.45) is 2.32. The third-order valence-electron chi connectivity index (χ3n) is 3.92.